The van der Waals surface area contributed by atoms with Crippen molar-refractivity contribution in [1.82, 2.24) is 5.32 Å². The van der Waals surface area contributed by atoms with Crippen molar-refractivity contribution in [2.75, 3.05) is 6.61 Å². The molecule has 0 aliphatic heterocycles. The van der Waals surface area contributed by atoms with Crippen LogP contribution in [0.4, 0.5) is 0 Å². The van der Waals surface area contributed by atoms with Crippen LogP contribution in [0.2, 0.25) is 0 Å². The average molecular weight is 263 g/mol. The van der Waals surface area contributed by atoms with Gasteiger partial charge in [0.05, 0.1) is 6.61 Å². The number of hydrogen-bond donors (Lipinski definition) is 1. The van der Waals surface area contributed by atoms with Crippen LogP contribution in [0, 0.1) is 0 Å². The number of ether oxygens (including phenoxy) is 1. The Morgan fingerprint density at radius 3 is 2.16 bits per heavy atom. The van der Waals surface area contributed by atoms with Crippen molar-refractivity contribution in [3.63, 3.8) is 0 Å². The summed E-state index contributed by atoms with van der Waals surface area (Å²) in [5, 5.41) is 3.36. The van der Waals surface area contributed by atoms with Crippen LogP contribution in [0.5, 0.6) is 5.75 Å². The highest BCUT2D eigenvalue weighted by Crippen LogP contribution is 2.22. The molecule has 0 aliphatic rings. The lowest BCUT2D eigenvalue weighted by Crippen LogP contribution is -2.29. The highest BCUT2D eigenvalue weighted by Gasteiger charge is 2.13. The lowest BCUT2D eigenvalue weighted by molar-refractivity contribution is 0.340. The van der Waals surface area contributed by atoms with Gasteiger partial charge in [0.2, 0.25) is 0 Å². The molecule has 1 N–H and O–H groups in total. The number of hydrogen-bond acceptors (Lipinski definition) is 2. The second kappa shape index (κ2) is 9.48. The maximum atomic E-state index is 5.44. The summed E-state index contributed by atoms with van der Waals surface area (Å²) < 4.78 is 5.44. The van der Waals surface area contributed by atoms with Gasteiger partial charge in [-0.25, -0.2) is 0 Å². The fourth-order valence-electron chi connectivity index (χ4n) is 1.84. The fraction of sp³-hybridized carbons (Fsp3) is 0.529. The van der Waals surface area contributed by atoms with Gasteiger partial charge in [0.1, 0.15) is 5.75 Å². The van der Waals surface area contributed by atoms with Gasteiger partial charge in [-0.15, -0.1) is 0 Å². The Bertz CT molecular complexity index is 356. The molecule has 0 saturated carbocycles. The van der Waals surface area contributed by atoms with Crippen molar-refractivity contribution >= 4 is 0 Å². The van der Waals surface area contributed by atoms with Crippen LogP contribution in [-0.2, 0) is 0 Å². The summed E-state index contributed by atoms with van der Waals surface area (Å²) in [7, 11) is 0. The van der Waals surface area contributed by atoms with Crippen LogP contribution in [-0.4, -0.2) is 12.6 Å². The zero-order valence-electron chi connectivity index (χ0n) is 13.3. The van der Waals surface area contributed by atoms with Crippen molar-refractivity contribution in [3.05, 3.63) is 42.1 Å². The summed E-state index contributed by atoms with van der Waals surface area (Å²) in [6, 6.07) is 8.70. The predicted octanol–water partition coefficient (Wildman–Crippen LogP) is 4.73. The summed E-state index contributed by atoms with van der Waals surface area (Å²) in [4.78, 5) is 0. The van der Waals surface area contributed by atoms with E-state index in [4.69, 9.17) is 4.74 Å². The minimum Gasteiger partial charge on any atom is -0.494 e. The zero-order valence-corrected chi connectivity index (χ0v) is 13.3. The maximum Gasteiger partial charge on any atom is 0.119 e. The molecule has 1 aromatic carbocycles. The van der Waals surface area contributed by atoms with Gasteiger partial charge in [0.15, 0.2) is 0 Å². The minimum atomic E-state index is 0.380. The average Bonchev–Trinajstić information content (AvgIpc) is 2.41. The molecule has 0 aliphatic carbocycles. The SMILES string of the molecule is C=C(C)NC(C)C(C)c1ccc(OCC)cc1.CC. The predicted molar refractivity (Wildman–Crippen MR) is 84.8 cm³/mol. The summed E-state index contributed by atoms with van der Waals surface area (Å²) in [5.74, 6) is 1.38. The second-order valence-corrected chi connectivity index (χ2v) is 4.50. The van der Waals surface area contributed by atoms with Crippen LogP contribution < -0.4 is 10.1 Å². The first-order valence-corrected chi connectivity index (χ1v) is 7.19. The number of benzene rings is 1. The van der Waals surface area contributed by atoms with Gasteiger partial charge in [-0.05, 0) is 38.5 Å². The van der Waals surface area contributed by atoms with Gasteiger partial charge in [-0.1, -0.05) is 39.5 Å². The van der Waals surface area contributed by atoms with E-state index in [-0.39, 0.29) is 0 Å². The Morgan fingerprint density at radius 2 is 1.74 bits per heavy atom. The topological polar surface area (TPSA) is 21.3 Å². The molecule has 19 heavy (non-hydrogen) atoms. The van der Waals surface area contributed by atoms with Crippen LogP contribution in [0.25, 0.3) is 0 Å². The normalized spacial score (nSPS) is 12.7. The smallest absolute Gasteiger partial charge is 0.119 e. The van der Waals surface area contributed by atoms with Gasteiger partial charge in [-0.2, -0.15) is 0 Å². The Balaban J connectivity index is 0.00000154. The summed E-state index contributed by atoms with van der Waals surface area (Å²) in [5.41, 5.74) is 2.32. The minimum absolute atomic E-state index is 0.380. The Hall–Kier alpha value is -1.44. The quantitative estimate of drug-likeness (QED) is 0.801. The monoisotopic (exact) mass is 263 g/mol. The number of allylic oxidation sites excluding steroid dienone is 1. The van der Waals surface area contributed by atoms with E-state index in [1.165, 1.54) is 5.56 Å². The van der Waals surface area contributed by atoms with Crippen molar-refractivity contribution in [2.45, 2.75) is 53.5 Å². The van der Waals surface area contributed by atoms with Gasteiger partial charge in [0, 0.05) is 17.7 Å². The molecule has 0 radical (unpaired) electrons. The summed E-state index contributed by atoms with van der Waals surface area (Å²) in [6.45, 7) is 17.0. The number of nitrogens with one attached hydrogen (secondary N) is 1. The molecule has 0 saturated heterocycles. The molecule has 108 valence electrons. The van der Waals surface area contributed by atoms with Crippen LogP contribution in [0.15, 0.2) is 36.5 Å². The first-order valence-electron chi connectivity index (χ1n) is 7.19. The third kappa shape index (κ3) is 6.32. The van der Waals surface area contributed by atoms with Gasteiger partial charge < -0.3 is 10.1 Å². The molecule has 0 fully saturated rings. The van der Waals surface area contributed by atoms with Crippen LogP contribution in [0.3, 0.4) is 0 Å². The first kappa shape index (κ1) is 17.6. The Kier molecular flexibility index (Phi) is 8.77. The summed E-state index contributed by atoms with van der Waals surface area (Å²) in [6.07, 6.45) is 0. The zero-order chi connectivity index (χ0) is 14.8. The van der Waals surface area contributed by atoms with Crippen molar-refractivity contribution in [2.24, 2.45) is 0 Å². The van der Waals surface area contributed by atoms with Crippen molar-refractivity contribution < 1.29 is 4.74 Å². The highest BCUT2D eigenvalue weighted by atomic mass is 16.5. The second-order valence-electron chi connectivity index (χ2n) is 4.50. The van der Waals surface area contributed by atoms with E-state index in [1.54, 1.807) is 0 Å². The van der Waals surface area contributed by atoms with E-state index in [1.807, 2.05) is 39.8 Å². The van der Waals surface area contributed by atoms with E-state index < -0.39 is 0 Å². The van der Waals surface area contributed by atoms with E-state index >= 15 is 0 Å². The largest absolute Gasteiger partial charge is 0.494 e. The molecule has 2 unspecified atom stereocenters. The van der Waals surface area contributed by atoms with Gasteiger partial charge in [-0.3, -0.25) is 0 Å². The first-order chi connectivity index (χ1) is 9.04. The van der Waals surface area contributed by atoms with Crippen LogP contribution >= 0.6 is 0 Å². The Morgan fingerprint density at radius 1 is 1.21 bits per heavy atom. The lowest BCUT2D eigenvalue weighted by Gasteiger charge is -2.23. The third-order valence-electron chi connectivity index (χ3n) is 2.94. The molecular weight excluding hydrogens is 234 g/mol. The summed E-state index contributed by atoms with van der Waals surface area (Å²) >= 11 is 0. The maximum absolute atomic E-state index is 5.44. The molecule has 0 heterocycles. The molecule has 0 spiro atoms. The van der Waals surface area contributed by atoms with Gasteiger partial charge in [0.25, 0.3) is 0 Å². The van der Waals surface area contributed by atoms with E-state index in [9.17, 15) is 0 Å². The van der Waals surface area contributed by atoms with E-state index in [0.717, 1.165) is 11.4 Å². The molecule has 2 heteroatoms. The van der Waals surface area contributed by atoms with Crippen LogP contribution in [0.1, 0.15) is 53.0 Å². The molecule has 0 bridgehead atoms. The van der Waals surface area contributed by atoms with Crippen molar-refractivity contribution in [3.8, 4) is 5.75 Å². The lowest BCUT2D eigenvalue weighted by atomic mass is 9.94. The third-order valence-corrected chi connectivity index (χ3v) is 2.94. The molecule has 0 amide bonds. The molecular formula is C17H29NO. The molecule has 2 atom stereocenters. The number of rotatable bonds is 6. The Labute approximate surface area is 118 Å². The van der Waals surface area contributed by atoms with Gasteiger partial charge >= 0.3 is 0 Å². The molecule has 0 aromatic heterocycles. The van der Waals surface area contributed by atoms with Crippen molar-refractivity contribution in [1.29, 1.82) is 0 Å². The fourth-order valence-corrected chi connectivity index (χ4v) is 1.84. The highest BCUT2D eigenvalue weighted by molar-refractivity contribution is 5.30. The molecule has 1 aromatic rings. The van der Waals surface area contributed by atoms with E-state index in [0.29, 0.717) is 18.6 Å². The molecule has 1 rings (SSSR count). The standard InChI is InChI=1S/C15H23NO.C2H6/c1-6-17-15-9-7-14(8-10-15)12(4)13(5)16-11(2)3;1-2/h7-10,12-13,16H,2,6H2,1,3-5H3;1-2H3. The van der Waals surface area contributed by atoms with E-state index in [2.05, 4.69) is 37.9 Å². The molecule has 2 nitrogen and oxygen atoms in total.